The summed E-state index contributed by atoms with van der Waals surface area (Å²) in [5, 5.41) is 0. The van der Waals surface area contributed by atoms with Crippen molar-refractivity contribution in [3.8, 4) is 0 Å². The zero-order valence-corrected chi connectivity index (χ0v) is 5.77. The third-order valence-electron chi connectivity index (χ3n) is 1.65. The van der Waals surface area contributed by atoms with E-state index >= 15 is 0 Å². The zero-order chi connectivity index (χ0) is 6.53. The molecule has 0 aromatic carbocycles. The number of hydrogen-bond donors (Lipinski definition) is 1. The van der Waals surface area contributed by atoms with Crippen LogP contribution < -0.4 is 5.73 Å². The van der Waals surface area contributed by atoms with Crippen LogP contribution in [0.15, 0.2) is 4.99 Å². The molecule has 1 aliphatic rings. The molecule has 1 saturated carbocycles. The predicted molar refractivity (Wildman–Crippen MR) is 39.8 cm³/mol. The fourth-order valence-electron chi connectivity index (χ4n) is 1.16. The van der Waals surface area contributed by atoms with Crippen LogP contribution in [-0.2, 0) is 0 Å². The first-order valence-corrected chi connectivity index (χ1v) is 3.66. The highest BCUT2D eigenvalue weighted by Gasteiger charge is 2.06. The third kappa shape index (κ3) is 2.14. The Morgan fingerprint density at radius 2 is 2.00 bits per heavy atom. The second-order valence-corrected chi connectivity index (χ2v) is 2.44. The average Bonchev–Trinajstić information content (AvgIpc) is 2.34. The Kier molecular flexibility index (Phi) is 2.71. The van der Waals surface area contributed by atoms with E-state index < -0.39 is 0 Å². The summed E-state index contributed by atoms with van der Waals surface area (Å²) < 4.78 is 0. The summed E-state index contributed by atoms with van der Waals surface area (Å²) in [4.78, 5) is 4.33. The Labute approximate surface area is 56.2 Å². The molecule has 0 radical (unpaired) electrons. The van der Waals surface area contributed by atoms with Gasteiger partial charge in [0.2, 0.25) is 0 Å². The summed E-state index contributed by atoms with van der Waals surface area (Å²) in [5.74, 6) is 0. The van der Waals surface area contributed by atoms with Crippen LogP contribution in [-0.4, -0.2) is 18.8 Å². The van der Waals surface area contributed by atoms with Crippen LogP contribution in [0.4, 0.5) is 0 Å². The topological polar surface area (TPSA) is 38.4 Å². The highest BCUT2D eigenvalue weighted by Crippen LogP contribution is 2.13. The normalized spacial score (nSPS) is 18.6. The molecule has 0 bridgehead atoms. The van der Waals surface area contributed by atoms with Gasteiger partial charge in [0.1, 0.15) is 0 Å². The molecule has 2 nitrogen and oxygen atoms in total. The fourth-order valence-corrected chi connectivity index (χ4v) is 1.16. The van der Waals surface area contributed by atoms with Gasteiger partial charge < -0.3 is 5.73 Å². The second kappa shape index (κ2) is 3.62. The van der Waals surface area contributed by atoms with Gasteiger partial charge in [-0.3, -0.25) is 4.99 Å². The molecule has 0 spiro atoms. The van der Waals surface area contributed by atoms with Crippen LogP contribution in [0.2, 0.25) is 0 Å². The lowest BCUT2D eigenvalue weighted by atomic mass is 10.3. The SMILES string of the molecule is NCCN=C1CCCC1. The third-order valence-corrected chi connectivity index (χ3v) is 1.65. The van der Waals surface area contributed by atoms with E-state index in [4.69, 9.17) is 5.73 Å². The van der Waals surface area contributed by atoms with E-state index in [2.05, 4.69) is 4.99 Å². The lowest BCUT2D eigenvalue weighted by Gasteiger charge is -1.91. The molecule has 2 N–H and O–H groups in total. The minimum absolute atomic E-state index is 0.698. The van der Waals surface area contributed by atoms with Crippen LogP contribution in [0.25, 0.3) is 0 Å². The Morgan fingerprint density at radius 3 is 2.56 bits per heavy atom. The van der Waals surface area contributed by atoms with E-state index in [0.717, 1.165) is 6.54 Å². The first kappa shape index (κ1) is 6.75. The lowest BCUT2D eigenvalue weighted by Crippen LogP contribution is -2.04. The molecular weight excluding hydrogens is 112 g/mol. The van der Waals surface area contributed by atoms with Crippen molar-refractivity contribution in [1.29, 1.82) is 0 Å². The number of hydrogen-bond acceptors (Lipinski definition) is 2. The standard InChI is InChI=1S/C7H14N2/c8-5-6-9-7-3-1-2-4-7/h1-6,8H2. The van der Waals surface area contributed by atoms with Crippen molar-refractivity contribution in [3.63, 3.8) is 0 Å². The van der Waals surface area contributed by atoms with Gasteiger partial charge in [0.05, 0.1) is 6.54 Å². The molecule has 0 atom stereocenters. The molecule has 0 aromatic rings. The van der Waals surface area contributed by atoms with Crippen molar-refractivity contribution < 1.29 is 0 Å². The summed E-state index contributed by atoms with van der Waals surface area (Å²) in [7, 11) is 0. The number of nitrogens with two attached hydrogens (primary N) is 1. The molecular formula is C7H14N2. The van der Waals surface area contributed by atoms with Gasteiger partial charge in [-0.15, -0.1) is 0 Å². The molecule has 0 heterocycles. The van der Waals surface area contributed by atoms with Crippen molar-refractivity contribution >= 4 is 5.71 Å². The van der Waals surface area contributed by atoms with Gasteiger partial charge in [0.25, 0.3) is 0 Å². The lowest BCUT2D eigenvalue weighted by molar-refractivity contribution is 0.886. The van der Waals surface area contributed by atoms with Crippen molar-refractivity contribution in [1.82, 2.24) is 0 Å². The first-order valence-electron chi connectivity index (χ1n) is 3.66. The van der Waals surface area contributed by atoms with Crippen LogP contribution in [0, 0.1) is 0 Å². The number of nitrogens with zero attached hydrogens (tertiary/aromatic N) is 1. The van der Waals surface area contributed by atoms with Gasteiger partial charge >= 0.3 is 0 Å². The molecule has 0 saturated heterocycles. The van der Waals surface area contributed by atoms with Crippen molar-refractivity contribution in [2.75, 3.05) is 13.1 Å². The molecule has 0 amide bonds. The monoisotopic (exact) mass is 126 g/mol. The molecule has 1 rings (SSSR count). The zero-order valence-electron chi connectivity index (χ0n) is 5.77. The van der Waals surface area contributed by atoms with Crippen LogP contribution >= 0.6 is 0 Å². The van der Waals surface area contributed by atoms with Crippen LogP contribution in [0.5, 0.6) is 0 Å². The highest BCUT2D eigenvalue weighted by molar-refractivity contribution is 5.86. The van der Waals surface area contributed by atoms with E-state index in [9.17, 15) is 0 Å². The summed E-state index contributed by atoms with van der Waals surface area (Å²) in [6.45, 7) is 1.53. The van der Waals surface area contributed by atoms with Crippen molar-refractivity contribution in [2.24, 2.45) is 10.7 Å². The molecule has 0 aliphatic heterocycles. The predicted octanol–water partition coefficient (Wildman–Crippen LogP) is 0.960. The quantitative estimate of drug-likeness (QED) is 0.588. The van der Waals surface area contributed by atoms with Crippen molar-refractivity contribution in [2.45, 2.75) is 25.7 Å². The average molecular weight is 126 g/mol. The second-order valence-electron chi connectivity index (χ2n) is 2.44. The maximum absolute atomic E-state index is 5.30. The Balaban J connectivity index is 2.22. The number of rotatable bonds is 2. The minimum atomic E-state index is 0.698. The Hall–Kier alpha value is -0.370. The molecule has 0 aromatic heterocycles. The minimum Gasteiger partial charge on any atom is -0.329 e. The smallest absolute Gasteiger partial charge is 0.0511 e. The van der Waals surface area contributed by atoms with Gasteiger partial charge in [-0.05, 0) is 25.7 Å². The van der Waals surface area contributed by atoms with Gasteiger partial charge in [0, 0.05) is 12.3 Å². The molecule has 1 aliphatic carbocycles. The Bertz CT molecular complexity index is 99.5. The molecule has 9 heavy (non-hydrogen) atoms. The maximum Gasteiger partial charge on any atom is 0.0511 e. The van der Waals surface area contributed by atoms with E-state index in [0.29, 0.717) is 6.54 Å². The highest BCUT2D eigenvalue weighted by atomic mass is 14.8. The summed E-state index contributed by atoms with van der Waals surface area (Å²) >= 11 is 0. The Morgan fingerprint density at radius 1 is 1.33 bits per heavy atom. The van der Waals surface area contributed by atoms with E-state index in [-0.39, 0.29) is 0 Å². The van der Waals surface area contributed by atoms with Gasteiger partial charge in [0.15, 0.2) is 0 Å². The first-order chi connectivity index (χ1) is 4.43. The van der Waals surface area contributed by atoms with E-state index in [1.807, 2.05) is 0 Å². The maximum atomic E-state index is 5.30. The largest absolute Gasteiger partial charge is 0.329 e. The van der Waals surface area contributed by atoms with Crippen molar-refractivity contribution in [3.05, 3.63) is 0 Å². The number of aliphatic imine (C=N–C) groups is 1. The molecule has 52 valence electrons. The fraction of sp³-hybridized carbons (Fsp3) is 0.857. The van der Waals surface area contributed by atoms with Gasteiger partial charge in [-0.25, -0.2) is 0 Å². The van der Waals surface area contributed by atoms with E-state index in [1.165, 1.54) is 31.4 Å². The molecule has 0 unspecified atom stereocenters. The summed E-state index contributed by atoms with van der Waals surface area (Å²) in [5.41, 5.74) is 6.69. The van der Waals surface area contributed by atoms with Crippen LogP contribution in [0.1, 0.15) is 25.7 Å². The van der Waals surface area contributed by atoms with Gasteiger partial charge in [-0.2, -0.15) is 0 Å². The molecule has 1 fully saturated rings. The van der Waals surface area contributed by atoms with Crippen LogP contribution in [0.3, 0.4) is 0 Å². The van der Waals surface area contributed by atoms with Gasteiger partial charge in [-0.1, -0.05) is 0 Å². The summed E-state index contributed by atoms with van der Waals surface area (Å²) in [6, 6.07) is 0. The van der Waals surface area contributed by atoms with E-state index in [1.54, 1.807) is 0 Å². The summed E-state index contributed by atoms with van der Waals surface area (Å²) in [6.07, 6.45) is 5.12. The molecule has 2 heteroatoms.